The van der Waals surface area contributed by atoms with E-state index < -0.39 is 42.2 Å². The maximum absolute atomic E-state index is 14.6. The van der Waals surface area contributed by atoms with E-state index in [2.05, 4.69) is 0 Å². The Hall–Kier alpha value is -3.00. The zero-order valence-electron chi connectivity index (χ0n) is 23.7. The molecule has 2 amide bonds. The van der Waals surface area contributed by atoms with Gasteiger partial charge < -0.3 is 18.5 Å². The van der Waals surface area contributed by atoms with Crippen LogP contribution in [0.5, 0.6) is 0 Å². The third kappa shape index (κ3) is 6.11. The number of hydrogen-bond acceptors (Lipinski definition) is 8. The Labute approximate surface area is 230 Å². The Morgan fingerprint density at radius 2 is 1.59 bits per heavy atom. The van der Waals surface area contributed by atoms with E-state index >= 15 is 0 Å². The summed E-state index contributed by atoms with van der Waals surface area (Å²) in [5, 5.41) is 0. The molecule has 0 fully saturated rings. The molecule has 1 aliphatic heterocycles. The van der Waals surface area contributed by atoms with Crippen LogP contribution in [-0.4, -0.2) is 49.1 Å². The second kappa shape index (κ2) is 12.0. The molecule has 0 aromatic heterocycles. The first-order valence-electron chi connectivity index (χ1n) is 13.1. The van der Waals surface area contributed by atoms with E-state index in [1.165, 1.54) is 0 Å². The fraction of sp³-hybridized carbons (Fsp3) is 0.483. The Morgan fingerprint density at radius 1 is 0.974 bits per heavy atom. The summed E-state index contributed by atoms with van der Waals surface area (Å²) in [6.07, 6.45) is -1.16. The maximum atomic E-state index is 14.6. The molecular weight excluding hydrogens is 521 g/mol. The van der Waals surface area contributed by atoms with Crippen molar-refractivity contribution in [3.05, 3.63) is 65.2 Å². The van der Waals surface area contributed by atoms with Crippen molar-refractivity contribution in [3.8, 4) is 0 Å². The highest BCUT2D eigenvalue weighted by atomic mass is 31.2. The number of esters is 1. The van der Waals surface area contributed by atoms with E-state index in [9.17, 15) is 18.9 Å². The average molecular weight is 560 g/mol. The van der Waals surface area contributed by atoms with Gasteiger partial charge in [-0.3, -0.25) is 14.2 Å². The minimum Gasteiger partial charge on any atom is -0.465 e. The molecule has 39 heavy (non-hydrogen) atoms. The number of fused-ring (bicyclic) bond motifs is 1. The summed E-state index contributed by atoms with van der Waals surface area (Å²) in [7, 11) is -4.12. The van der Waals surface area contributed by atoms with E-state index in [4.69, 9.17) is 18.5 Å². The second-order valence-corrected chi connectivity index (χ2v) is 12.5. The van der Waals surface area contributed by atoms with Crippen molar-refractivity contribution < 1.29 is 37.5 Å². The fourth-order valence-electron chi connectivity index (χ4n) is 4.84. The van der Waals surface area contributed by atoms with Crippen molar-refractivity contribution in [1.82, 2.24) is 0 Å². The van der Waals surface area contributed by atoms with E-state index in [0.29, 0.717) is 16.8 Å². The van der Waals surface area contributed by atoms with Crippen LogP contribution < -0.4 is 4.90 Å². The number of ether oxygens (including phenoxy) is 2. The molecule has 1 heterocycles. The number of amides is 2. The van der Waals surface area contributed by atoms with Gasteiger partial charge in [0.1, 0.15) is 11.0 Å². The summed E-state index contributed by atoms with van der Waals surface area (Å²) in [6, 6.07) is 14.1. The van der Waals surface area contributed by atoms with Crippen molar-refractivity contribution in [2.75, 3.05) is 24.7 Å². The largest absolute Gasteiger partial charge is 0.465 e. The Morgan fingerprint density at radius 3 is 2.13 bits per heavy atom. The quantitative estimate of drug-likeness (QED) is 0.252. The number of hydrogen-bond donors (Lipinski definition) is 0. The van der Waals surface area contributed by atoms with Crippen LogP contribution in [0, 0.1) is 6.92 Å². The van der Waals surface area contributed by atoms with Gasteiger partial charge in [0.05, 0.1) is 25.5 Å². The fourth-order valence-corrected chi connectivity index (χ4v) is 6.82. The van der Waals surface area contributed by atoms with E-state index in [1.54, 1.807) is 90.1 Å². The molecule has 0 unspecified atom stereocenters. The van der Waals surface area contributed by atoms with Gasteiger partial charge in [-0.05, 0) is 72.1 Å². The third-order valence-electron chi connectivity index (χ3n) is 6.32. The van der Waals surface area contributed by atoms with Gasteiger partial charge in [0.25, 0.3) is 5.91 Å². The first-order chi connectivity index (χ1) is 18.3. The molecule has 2 aromatic carbocycles. The Kier molecular flexibility index (Phi) is 9.42. The van der Waals surface area contributed by atoms with Crippen molar-refractivity contribution in [1.29, 1.82) is 0 Å². The van der Waals surface area contributed by atoms with E-state index in [1.807, 2.05) is 6.92 Å². The molecule has 0 bridgehead atoms. The van der Waals surface area contributed by atoms with Crippen molar-refractivity contribution in [2.45, 2.75) is 71.6 Å². The molecule has 0 saturated heterocycles. The number of rotatable bonds is 10. The van der Waals surface area contributed by atoms with E-state index in [0.717, 1.165) is 10.5 Å². The molecule has 0 radical (unpaired) electrons. The highest BCUT2D eigenvalue weighted by molar-refractivity contribution is 7.55. The normalized spacial score (nSPS) is 18.0. The lowest BCUT2D eigenvalue weighted by Crippen LogP contribution is -2.48. The molecule has 212 valence electrons. The summed E-state index contributed by atoms with van der Waals surface area (Å²) in [5.41, 5.74) is -1.75. The third-order valence-corrected chi connectivity index (χ3v) is 8.71. The van der Waals surface area contributed by atoms with Crippen LogP contribution in [-0.2, 0) is 38.1 Å². The number of aryl methyl sites for hydroxylation is 1. The van der Waals surface area contributed by atoms with Crippen LogP contribution in [0.1, 0.15) is 64.7 Å². The molecular formula is C29H38NO8P. The smallest absolute Gasteiger partial charge is 0.421 e. The van der Waals surface area contributed by atoms with Gasteiger partial charge in [-0.15, -0.1) is 0 Å². The number of imide groups is 1. The molecule has 0 aliphatic carbocycles. The van der Waals surface area contributed by atoms with Crippen molar-refractivity contribution >= 4 is 31.3 Å². The minimum absolute atomic E-state index is 0.0131. The summed E-state index contributed by atoms with van der Waals surface area (Å²) in [5.74, 6) is -1.44. The van der Waals surface area contributed by atoms with Crippen LogP contribution >= 0.6 is 7.60 Å². The van der Waals surface area contributed by atoms with Gasteiger partial charge in [-0.25, -0.2) is 9.69 Å². The zero-order valence-corrected chi connectivity index (χ0v) is 24.6. The van der Waals surface area contributed by atoms with Crippen LogP contribution in [0.4, 0.5) is 10.5 Å². The minimum atomic E-state index is -4.12. The average Bonchev–Trinajstić information content (AvgIpc) is 3.10. The summed E-state index contributed by atoms with van der Waals surface area (Å²) in [4.78, 5) is 42.5. The SMILES string of the molecule is CCOC(=O)[C@@H](C[C@@]1(c2ccccc2)C(=O)N(C(=O)OC(C)(C)C)c2ccc(C)cc21)P(=O)(OCC)OCC. The molecule has 0 spiro atoms. The summed E-state index contributed by atoms with van der Waals surface area (Å²) < 4.78 is 36.3. The Bertz CT molecular complexity index is 1250. The molecule has 0 saturated carbocycles. The number of benzene rings is 2. The van der Waals surface area contributed by atoms with Gasteiger partial charge in [0, 0.05) is 0 Å². The molecule has 9 nitrogen and oxygen atoms in total. The van der Waals surface area contributed by atoms with Gasteiger partial charge in [-0.2, -0.15) is 0 Å². The highest BCUT2D eigenvalue weighted by Gasteiger charge is 2.59. The van der Waals surface area contributed by atoms with Crippen LogP contribution in [0.25, 0.3) is 0 Å². The van der Waals surface area contributed by atoms with Crippen LogP contribution in [0.2, 0.25) is 0 Å². The van der Waals surface area contributed by atoms with Gasteiger partial charge in [0.2, 0.25) is 0 Å². The predicted molar refractivity (Wildman–Crippen MR) is 148 cm³/mol. The first-order valence-corrected chi connectivity index (χ1v) is 14.7. The second-order valence-electron chi connectivity index (χ2n) is 10.3. The lowest BCUT2D eigenvalue weighted by atomic mass is 9.71. The van der Waals surface area contributed by atoms with Crippen molar-refractivity contribution in [2.24, 2.45) is 0 Å². The van der Waals surface area contributed by atoms with Crippen molar-refractivity contribution in [3.63, 3.8) is 0 Å². The monoisotopic (exact) mass is 559 g/mol. The molecule has 0 N–H and O–H groups in total. The topological polar surface area (TPSA) is 108 Å². The molecule has 2 aromatic rings. The van der Waals surface area contributed by atoms with Gasteiger partial charge in [-0.1, -0.05) is 48.0 Å². The van der Waals surface area contributed by atoms with Crippen LogP contribution in [0.3, 0.4) is 0 Å². The highest BCUT2D eigenvalue weighted by Crippen LogP contribution is 2.60. The molecule has 2 atom stereocenters. The maximum Gasteiger partial charge on any atom is 0.421 e. The van der Waals surface area contributed by atoms with Crippen LogP contribution in [0.15, 0.2) is 48.5 Å². The Balaban J connectivity index is 2.34. The van der Waals surface area contributed by atoms with Gasteiger partial charge in [0.15, 0.2) is 5.66 Å². The summed E-state index contributed by atoms with van der Waals surface area (Å²) in [6.45, 7) is 12.0. The molecule has 3 rings (SSSR count). The zero-order chi connectivity index (χ0) is 29.0. The number of anilines is 1. The van der Waals surface area contributed by atoms with Gasteiger partial charge >= 0.3 is 19.7 Å². The summed E-state index contributed by atoms with van der Waals surface area (Å²) >= 11 is 0. The first kappa shape index (κ1) is 30.5. The number of carbonyl (C=O) groups is 3. The standard InChI is InChI=1S/C29H38NO8P/c1-8-35-25(31)24(39(34,36-9-2)37-10-3)19-29(21-14-12-11-13-15-21)22-18-20(4)16-17-23(22)30(26(29)32)27(33)38-28(5,6)7/h11-18,24H,8-10,19H2,1-7H3/t24-,29+/m1/s1. The molecule has 10 heteroatoms. The number of nitrogens with zero attached hydrogens (tertiary/aromatic N) is 1. The predicted octanol–water partition coefficient (Wildman–Crippen LogP) is 6.15. The molecule has 1 aliphatic rings. The van der Waals surface area contributed by atoms with E-state index in [-0.39, 0.29) is 26.2 Å². The lowest BCUT2D eigenvalue weighted by molar-refractivity contribution is -0.143. The lowest BCUT2D eigenvalue weighted by Gasteiger charge is -2.34. The number of carbonyl (C=O) groups excluding carboxylic acids is 3.